The maximum Gasteiger partial charge on any atom is 0.271 e. The lowest BCUT2D eigenvalue weighted by Gasteiger charge is -2.44. The van der Waals surface area contributed by atoms with Crippen LogP contribution in [0.25, 0.3) is 11.3 Å². The minimum atomic E-state index is -1.21. The van der Waals surface area contributed by atoms with Crippen molar-refractivity contribution < 1.29 is 9.00 Å². The molecule has 2 heterocycles. The number of carbonyl (C=O) groups is 1. The van der Waals surface area contributed by atoms with Crippen LogP contribution in [0.3, 0.4) is 0 Å². The smallest absolute Gasteiger partial charge is 0.271 e. The third-order valence-corrected chi connectivity index (χ3v) is 10.2. The maximum absolute atomic E-state index is 13.2. The number of fused-ring (bicyclic) bond motifs is 1. The molecule has 2 aromatic carbocycles. The van der Waals surface area contributed by atoms with Gasteiger partial charge in [0.15, 0.2) is 11.5 Å². The van der Waals surface area contributed by atoms with Crippen LogP contribution in [0.1, 0.15) is 67.0 Å². The standard InChI is InChI=1S/C29H33Cl2N5O2S/c1-17-23(20-10-7-11-21(30)22(20)31)34-24(26(32)37)27(33-17)36-14-12-29(13-15-36)16-18-8-5-6-9-19(18)25(29)35-39(38)28(2,3)4/h5-11,25,35H,12-16H2,1-4H3,(H2,32,37)/t25-,39?/m1/s1. The van der Waals surface area contributed by atoms with Gasteiger partial charge in [0, 0.05) is 18.7 Å². The van der Waals surface area contributed by atoms with E-state index >= 15 is 0 Å². The first-order valence-corrected chi connectivity index (χ1v) is 15.0. The van der Waals surface area contributed by atoms with E-state index in [-0.39, 0.29) is 21.9 Å². The number of nitrogens with one attached hydrogen (secondary N) is 1. The summed E-state index contributed by atoms with van der Waals surface area (Å²) in [6.07, 6.45) is 2.58. The Morgan fingerprint density at radius 3 is 2.46 bits per heavy atom. The van der Waals surface area contributed by atoms with Gasteiger partial charge >= 0.3 is 0 Å². The Kier molecular flexibility index (Phi) is 7.52. The van der Waals surface area contributed by atoms with Gasteiger partial charge in [-0.2, -0.15) is 0 Å². The molecule has 1 unspecified atom stereocenters. The molecule has 39 heavy (non-hydrogen) atoms. The molecule has 2 aliphatic rings. The van der Waals surface area contributed by atoms with Crippen molar-refractivity contribution >= 4 is 45.9 Å². The zero-order valence-corrected chi connectivity index (χ0v) is 24.9. The first-order valence-electron chi connectivity index (χ1n) is 13.0. The van der Waals surface area contributed by atoms with Crippen LogP contribution in [-0.4, -0.2) is 37.9 Å². The van der Waals surface area contributed by atoms with Gasteiger partial charge in [-0.3, -0.25) is 4.79 Å². The van der Waals surface area contributed by atoms with Crippen LogP contribution in [0, 0.1) is 12.3 Å². The lowest BCUT2D eigenvalue weighted by Crippen LogP contribution is -2.48. The molecule has 10 heteroatoms. The highest BCUT2D eigenvalue weighted by Crippen LogP contribution is 2.52. The molecule has 1 aromatic heterocycles. The number of aryl methyl sites for hydroxylation is 1. The van der Waals surface area contributed by atoms with E-state index in [9.17, 15) is 9.00 Å². The molecule has 1 aliphatic heterocycles. The van der Waals surface area contributed by atoms with Gasteiger partial charge in [0.1, 0.15) is 0 Å². The number of nitrogens with zero attached hydrogens (tertiary/aromatic N) is 3. The average Bonchev–Trinajstić information content (AvgIpc) is 3.18. The maximum atomic E-state index is 13.2. The Morgan fingerprint density at radius 2 is 1.79 bits per heavy atom. The molecule has 0 bridgehead atoms. The molecule has 1 saturated heterocycles. The van der Waals surface area contributed by atoms with Crippen LogP contribution in [0.15, 0.2) is 42.5 Å². The number of amides is 1. The van der Waals surface area contributed by atoms with E-state index < -0.39 is 16.9 Å². The van der Waals surface area contributed by atoms with Gasteiger partial charge in [-0.15, -0.1) is 0 Å². The normalized spacial score (nSPS) is 19.2. The molecule has 1 aliphatic carbocycles. The van der Waals surface area contributed by atoms with E-state index in [0.29, 0.717) is 45.9 Å². The Hall–Kier alpha value is -2.52. The molecule has 206 valence electrons. The zero-order chi connectivity index (χ0) is 28.1. The third-order valence-electron chi connectivity index (χ3n) is 7.85. The van der Waals surface area contributed by atoms with Crippen molar-refractivity contribution in [1.29, 1.82) is 0 Å². The van der Waals surface area contributed by atoms with Gasteiger partial charge in [0.05, 0.1) is 43.2 Å². The highest BCUT2D eigenvalue weighted by atomic mass is 35.5. The van der Waals surface area contributed by atoms with Crippen molar-refractivity contribution in [2.24, 2.45) is 11.1 Å². The van der Waals surface area contributed by atoms with Crippen molar-refractivity contribution in [3.05, 3.63) is 75.0 Å². The fourth-order valence-electron chi connectivity index (χ4n) is 5.72. The number of aromatic nitrogens is 2. The summed E-state index contributed by atoms with van der Waals surface area (Å²) in [6, 6.07) is 13.7. The highest BCUT2D eigenvalue weighted by molar-refractivity contribution is 7.84. The van der Waals surface area contributed by atoms with Gasteiger partial charge in [-0.1, -0.05) is 59.6 Å². The van der Waals surface area contributed by atoms with Gasteiger partial charge < -0.3 is 10.6 Å². The number of nitrogens with two attached hydrogens (primary N) is 1. The second kappa shape index (κ2) is 10.5. The van der Waals surface area contributed by atoms with Crippen molar-refractivity contribution in [1.82, 2.24) is 14.7 Å². The largest absolute Gasteiger partial charge is 0.364 e. The number of carbonyl (C=O) groups excluding carboxylic acids is 1. The average molecular weight is 587 g/mol. The Morgan fingerprint density at radius 1 is 1.10 bits per heavy atom. The summed E-state index contributed by atoms with van der Waals surface area (Å²) in [5.41, 5.74) is 10.1. The number of hydrogen-bond acceptors (Lipinski definition) is 5. The molecule has 0 radical (unpaired) electrons. The molecule has 1 fully saturated rings. The summed E-state index contributed by atoms with van der Waals surface area (Å²) in [6.45, 7) is 9.13. The number of halogens is 2. The first-order chi connectivity index (χ1) is 18.4. The summed E-state index contributed by atoms with van der Waals surface area (Å²) in [4.78, 5) is 24.1. The molecule has 3 aromatic rings. The molecule has 7 nitrogen and oxygen atoms in total. The summed E-state index contributed by atoms with van der Waals surface area (Å²) in [5, 5.41) is 0.751. The summed E-state index contributed by atoms with van der Waals surface area (Å²) in [7, 11) is -1.21. The van der Waals surface area contributed by atoms with Crippen molar-refractivity contribution in [3.8, 4) is 11.3 Å². The van der Waals surface area contributed by atoms with E-state index in [4.69, 9.17) is 33.9 Å². The summed E-state index contributed by atoms with van der Waals surface area (Å²) < 4.78 is 16.3. The summed E-state index contributed by atoms with van der Waals surface area (Å²) >= 11 is 12.7. The predicted octanol–water partition coefficient (Wildman–Crippen LogP) is 5.79. The van der Waals surface area contributed by atoms with Crippen LogP contribution in [-0.2, 0) is 17.4 Å². The Labute approximate surface area is 242 Å². The molecule has 1 spiro atoms. The van der Waals surface area contributed by atoms with E-state index in [1.165, 1.54) is 11.1 Å². The number of benzene rings is 2. The number of primary amides is 1. The lowest BCUT2D eigenvalue weighted by molar-refractivity contribution is 0.0995. The third kappa shape index (κ3) is 5.20. The number of rotatable bonds is 5. The van der Waals surface area contributed by atoms with Crippen molar-refractivity contribution in [2.75, 3.05) is 18.0 Å². The first kappa shape index (κ1) is 28.0. The minimum absolute atomic E-state index is 0.0216. The van der Waals surface area contributed by atoms with E-state index in [1.54, 1.807) is 18.2 Å². The monoisotopic (exact) mass is 585 g/mol. The quantitative estimate of drug-likeness (QED) is 0.394. The predicted molar refractivity (Wildman–Crippen MR) is 159 cm³/mol. The fraction of sp³-hybridized carbons (Fsp3) is 0.414. The number of piperidine rings is 1. The molecular weight excluding hydrogens is 553 g/mol. The lowest BCUT2D eigenvalue weighted by atomic mass is 9.73. The second-order valence-corrected chi connectivity index (χ2v) is 14.2. The molecule has 3 N–H and O–H groups in total. The Bertz CT molecular complexity index is 1460. The van der Waals surface area contributed by atoms with Crippen molar-refractivity contribution in [3.63, 3.8) is 0 Å². The minimum Gasteiger partial charge on any atom is -0.364 e. The number of anilines is 1. The van der Waals surface area contributed by atoms with Gasteiger partial charge in [0.2, 0.25) is 0 Å². The molecular formula is C29H33Cl2N5O2S. The molecule has 2 atom stereocenters. The molecule has 0 saturated carbocycles. The highest BCUT2D eigenvalue weighted by Gasteiger charge is 2.49. The summed E-state index contributed by atoms with van der Waals surface area (Å²) in [5.74, 6) is -0.166. The molecule has 5 rings (SSSR count). The topological polar surface area (TPSA) is 101 Å². The van der Waals surface area contributed by atoms with Gasteiger partial charge in [-0.25, -0.2) is 18.9 Å². The van der Waals surface area contributed by atoms with Crippen LogP contribution < -0.4 is 15.4 Å². The second-order valence-electron chi connectivity index (χ2n) is 11.5. The van der Waals surface area contributed by atoms with E-state index in [0.717, 1.165) is 19.3 Å². The zero-order valence-electron chi connectivity index (χ0n) is 22.6. The number of hydrogen-bond donors (Lipinski definition) is 2. The van der Waals surface area contributed by atoms with E-state index in [1.807, 2.05) is 33.8 Å². The SMILES string of the molecule is Cc1nc(N2CCC3(CC2)Cc2ccccc2[C@H]3NS(=O)C(C)(C)C)c(C(N)=O)nc1-c1cccc(Cl)c1Cl. The van der Waals surface area contributed by atoms with Crippen LogP contribution >= 0.6 is 23.2 Å². The van der Waals surface area contributed by atoms with Crippen LogP contribution in [0.2, 0.25) is 10.0 Å². The van der Waals surface area contributed by atoms with Gasteiger partial charge in [0.25, 0.3) is 5.91 Å². The van der Waals surface area contributed by atoms with Crippen molar-refractivity contribution in [2.45, 2.75) is 57.7 Å². The van der Waals surface area contributed by atoms with E-state index in [2.05, 4.69) is 32.8 Å². The van der Waals surface area contributed by atoms with Crippen LogP contribution in [0.4, 0.5) is 5.82 Å². The molecule has 1 amide bonds. The van der Waals surface area contributed by atoms with Crippen LogP contribution in [0.5, 0.6) is 0 Å². The Balaban J connectivity index is 1.45. The fourth-order valence-corrected chi connectivity index (χ4v) is 7.06. The van der Waals surface area contributed by atoms with Gasteiger partial charge in [-0.05, 0) is 69.6 Å².